The van der Waals surface area contributed by atoms with Crippen molar-refractivity contribution < 1.29 is 4.74 Å². The van der Waals surface area contributed by atoms with Gasteiger partial charge in [-0.3, -0.25) is 0 Å². The summed E-state index contributed by atoms with van der Waals surface area (Å²) in [6, 6.07) is 14.0. The highest BCUT2D eigenvalue weighted by molar-refractivity contribution is 7.10. The maximum Gasteiger partial charge on any atom is 0.0606 e. The van der Waals surface area contributed by atoms with E-state index in [0.29, 0.717) is 18.1 Å². The van der Waals surface area contributed by atoms with E-state index in [1.165, 1.54) is 22.4 Å². The molecule has 1 aromatic carbocycles. The van der Waals surface area contributed by atoms with Crippen LogP contribution in [0, 0.1) is 12.8 Å². The Morgan fingerprint density at radius 3 is 2.62 bits per heavy atom. The van der Waals surface area contributed by atoms with Crippen LogP contribution in [0.5, 0.6) is 0 Å². The van der Waals surface area contributed by atoms with E-state index in [9.17, 15) is 0 Å². The lowest BCUT2D eigenvalue weighted by atomic mass is 9.68. The number of rotatable bonds is 7. The van der Waals surface area contributed by atoms with Gasteiger partial charge in [0.05, 0.1) is 6.10 Å². The zero-order valence-corrected chi connectivity index (χ0v) is 17.4. The molecule has 0 radical (unpaired) electrons. The number of ether oxygens (including phenoxy) is 1. The Balaban J connectivity index is 1.73. The van der Waals surface area contributed by atoms with Gasteiger partial charge >= 0.3 is 0 Å². The molecule has 3 heteroatoms. The summed E-state index contributed by atoms with van der Waals surface area (Å²) in [5.74, 6) is 0.568. The molecule has 2 aromatic rings. The summed E-state index contributed by atoms with van der Waals surface area (Å²) in [5, 5.41) is 5.91. The van der Waals surface area contributed by atoms with Gasteiger partial charge in [0.25, 0.3) is 0 Å². The number of aryl methyl sites for hydroxylation is 1. The Labute approximate surface area is 163 Å². The minimum atomic E-state index is 0.225. The molecule has 26 heavy (non-hydrogen) atoms. The van der Waals surface area contributed by atoms with E-state index in [-0.39, 0.29) is 5.41 Å². The predicted octanol–water partition coefficient (Wildman–Crippen LogP) is 5.87. The Morgan fingerprint density at radius 1 is 1.19 bits per heavy atom. The van der Waals surface area contributed by atoms with Crippen LogP contribution in [0.15, 0.2) is 41.8 Å². The fourth-order valence-electron chi connectivity index (χ4n) is 4.09. The topological polar surface area (TPSA) is 21.3 Å². The third-order valence-electron chi connectivity index (χ3n) is 5.94. The maximum atomic E-state index is 6.11. The molecule has 0 unspecified atom stereocenters. The van der Waals surface area contributed by atoms with Crippen molar-refractivity contribution in [3.05, 3.63) is 57.8 Å². The van der Waals surface area contributed by atoms with Crippen molar-refractivity contribution >= 4 is 11.3 Å². The van der Waals surface area contributed by atoms with Crippen LogP contribution >= 0.6 is 11.3 Å². The molecule has 1 saturated heterocycles. The van der Waals surface area contributed by atoms with Gasteiger partial charge in [0.2, 0.25) is 0 Å². The zero-order chi connectivity index (χ0) is 18.6. The summed E-state index contributed by atoms with van der Waals surface area (Å²) in [6.07, 6.45) is 3.77. The molecule has 142 valence electrons. The maximum absolute atomic E-state index is 6.11. The molecule has 1 aliphatic rings. The van der Waals surface area contributed by atoms with Gasteiger partial charge in [-0.2, -0.15) is 0 Å². The predicted molar refractivity (Wildman–Crippen MR) is 112 cm³/mol. The molecule has 0 bridgehead atoms. The summed E-state index contributed by atoms with van der Waals surface area (Å²) in [5.41, 5.74) is 3.05. The van der Waals surface area contributed by atoms with Gasteiger partial charge in [0.1, 0.15) is 0 Å². The number of thiophene rings is 1. The molecule has 1 fully saturated rings. The Kier molecular flexibility index (Phi) is 6.55. The normalized spacial score (nSPS) is 24.7. The second-order valence-electron chi connectivity index (χ2n) is 8.19. The summed E-state index contributed by atoms with van der Waals surface area (Å²) in [6.45, 7) is 10.9. The lowest BCUT2D eigenvalue weighted by molar-refractivity contribution is -0.0470. The molecule has 2 nitrogen and oxygen atoms in total. The molecular formula is C23H33NOS. The van der Waals surface area contributed by atoms with Crippen LogP contribution in [0.3, 0.4) is 0 Å². The minimum Gasteiger partial charge on any atom is -0.378 e. The van der Waals surface area contributed by atoms with E-state index >= 15 is 0 Å². The molecule has 1 aromatic heterocycles. The number of nitrogens with one attached hydrogen (secondary N) is 1. The Bertz CT molecular complexity index is 664. The molecule has 0 aliphatic carbocycles. The highest BCUT2D eigenvalue weighted by Gasteiger charge is 2.39. The van der Waals surface area contributed by atoms with Gasteiger partial charge in [-0.25, -0.2) is 0 Å². The third-order valence-corrected chi connectivity index (χ3v) is 6.99. The van der Waals surface area contributed by atoms with Gasteiger partial charge in [0, 0.05) is 22.9 Å². The first-order valence-electron chi connectivity index (χ1n) is 9.96. The van der Waals surface area contributed by atoms with Crippen LogP contribution in [0.1, 0.15) is 62.1 Å². The molecule has 2 heterocycles. The second kappa shape index (κ2) is 8.69. The van der Waals surface area contributed by atoms with Crippen molar-refractivity contribution in [3.8, 4) is 0 Å². The highest BCUT2D eigenvalue weighted by atomic mass is 32.1. The quantitative estimate of drug-likeness (QED) is 0.657. The molecular weight excluding hydrogens is 338 g/mol. The monoisotopic (exact) mass is 371 g/mol. The standard InChI is InChI=1S/C23H33NOS/c1-17(2)21-16-23(12-14-25-21,20-9-7-18(3)8-10-20)11-13-24-19(4)22-6-5-15-26-22/h5-10,15,17,19,21,24H,11-14,16H2,1-4H3/t19-,21+,23+/m1/s1. The lowest BCUT2D eigenvalue weighted by Gasteiger charge is -2.43. The van der Waals surface area contributed by atoms with Crippen LogP contribution in [0.4, 0.5) is 0 Å². The first kappa shape index (κ1) is 19.6. The first-order chi connectivity index (χ1) is 12.5. The first-order valence-corrected chi connectivity index (χ1v) is 10.8. The van der Waals surface area contributed by atoms with Crippen molar-refractivity contribution in [2.24, 2.45) is 5.92 Å². The van der Waals surface area contributed by atoms with Crippen LogP contribution in [0.25, 0.3) is 0 Å². The number of hydrogen-bond acceptors (Lipinski definition) is 3. The third kappa shape index (κ3) is 4.57. The average molecular weight is 372 g/mol. The SMILES string of the molecule is Cc1ccc([C@@]2(CCN[C@H](C)c3cccs3)CCO[C@H](C(C)C)C2)cc1. The van der Waals surface area contributed by atoms with Crippen molar-refractivity contribution in [2.45, 2.75) is 64.5 Å². The minimum absolute atomic E-state index is 0.225. The highest BCUT2D eigenvalue weighted by Crippen LogP contribution is 2.42. The van der Waals surface area contributed by atoms with Crippen LogP contribution in [0.2, 0.25) is 0 Å². The van der Waals surface area contributed by atoms with Gasteiger partial charge in [-0.1, -0.05) is 49.7 Å². The lowest BCUT2D eigenvalue weighted by Crippen LogP contribution is -2.42. The van der Waals surface area contributed by atoms with Crippen LogP contribution in [-0.2, 0) is 10.2 Å². The molecule has 3 rings (SSSR count). The van der Waals surface area contributed by atoms with E-state index in [1.54, 1.807) is 0 Å². The molecule has 1 aliphatic heterocycles. The average Bonchev–Trinajstić information content (AvgIpc) is 3.17. The Morgan fingerprint density at radius 2 is 1.96 bits per heavy atom. The summed E-state index contributed by atoms with van der Waals surface area (Å²) < 4.78 is 6.11. The molecule has 0 spiro atoms. The van der Waals surface area contributed by atoms with Crippen molar-refractivity contribution in [3.63, 3.8) is 0 Å². The van der Waals surface area contributed by atoms with Crippen LogP contribution in [-0.4, -0.2) is 19.3 Å². The molecule has 0 saturated carbocycles. The second-order valence-corrected chi connectivity index (χ2v) is 9.17. The van der Waals surface area contributed by atoms with Crippen molar-refractivity contribution in [1.29, 1.82) is 0 Å². The van der Waals surface area contributed by atoms with E-state index in [0.717, 1.165) is 26.0 Å². The van der Waals surface area contributed by atoms with Crippen molar-refractivity contribution in [1.82, 2.24) is 5.32 Å². The molecule has 3 atom stereocenters. The van der Waals surface area contributed by atoms with Gasteiger partial charge in [0.15, 0.2) is 0 Å². The van der Waals surface area contributed by atoms with E-state index < -0.39 is 0 Å². The number of benzene rings is 1. The largest absolute Gasteiger partial charge is 0.378 e. The molecule has 1 N–H and O–H groups in total. The van der Waals surface area contributed by atoms with E-state index in [2.05, 4.69) is 74.8 Å². The van der Waals surface area contributed by atoms with Crippen molar-refractivity contribution in [2.75, 3.05) is 13.2 Å². The Hall–Kier alpha value is -1.16. The fourth-order valence-corrected chi connectivity index (χ4v) is 4.85. The fraction of sp³-hybridized carbons (Fsp3) is 0.565. The molecule has 0 amide bonds. The van der Waals surface area contributed by atoms with Gasteiger partial charge in [-0.05, 0) is 62.6 Å². The van der Waals surface area contributed by atoms with E-state index in [1.807, 2.05) is 11.3 Å². The van der Waals surface area contributed by atoms with Gasteiger partial charge < -0.3 is 10.1 Å². The summed E-state index contributed by atoms with van der Waals surface area (Å²) >= 11 is 1.84. The summed E-state index contributed by atoms with van der Waals surface area (Å²) in [4.78, 5) is 1.42. The van der Waals surface area contributed by atoms with Crippen LogP contribution < -0.4 is 5.32 Å². The zero-order valence-electron chi connectivity index (χ0n) is 16.6. The van der Waals surface area contributed by atoms with E-state index in [4.69, 9.17) is 4.74 Å². The van der Waals surface area contributed by atoms with Gasteiger partial charge in [-0.15, -0.1) is 11.3 Å². The summed E-state index contributed by atoms with van der Waals surface area (Å²) in [7, 11) is 0. The number of hydrogen-bond donors (Lipinski definition) is 1. The smallest absolute Gasteiger partial charge is 0.0606 e.